The molecule has 53 heavy (non-hydrogen) atoms. The number of nitrogens with zero attached hydrogens (tertiary/aromatic N) is 10. The van der Waals surface area contributed by atoms with Gasteiger partial charge in [-0.25, -0.2) is 14.8 Å². The van der Waals surface area contributed by atoms with Crippen LogP contribution < -0.4 is 20.4 Å². The Balaban J connectivity index is 0.818. The molecule has 0 spiro atoms. The van der Waals surface area contributed by atoms with Gasteiger partial charge >= 0.3 is 6.03 Å². The Kier molecular flexibility index (Phi) is 9.92. The number of amides is 4. The molecule has 15 nitrogen and oxygen atoms in total. The Hall–Kier alpha value is -5.15. The first-order valence-corrected chi connectivity index (χ1v) is 18.9. The highest BCUT2D eigenvalue weighted by molar-refractivity contribution is 6.05. The van der Waals surface area contributed by atoms with Crippen molar-refractivity contribution in [2.24, 2.45) is 0 Å². The predicted molar refractivity (Wildman–Crippen MR) is 202 cm³/mol. The van der Waals surface area contributed by atoms with Gasteiger partial charge in [-0.3, -0.25) is 34.6 Å². The standard InChI is InChI=1S/C38H48N12O3/c1-45(2)36(52)32-21-26-22-41-37(44-35(26)50(32)29-5-3-4-6-29)42-33-10-9-30(23-40-33)47-14-11-28(12-15-47)48-19-17-46(18-20-48)25-27-7-8-31(24-39-27)49-16-13-34(51)43-38(49)53/h7-10,21-24,28-29H,3-6,11-20,25H2,1-2H3,(H,43,51,53)(H,40,41,42,44). The molecule has 8 rings (SSSR count). The molecule has 1 saturated carbocycles. The average molecular weight is 721 g/mol. The topological polar surface area (TPSA) is 148 Å². The molecule has 0 radical (unpaired) electrons. The van der Waals surface area contributed by atoms with E-state index in [0.29, 0.717) is 42.2 Å². The highest BCUT2D eigenvalue weighted by atomic mass is 16.2. The number of anilines is 4. The zero-order chi connectivity index (χ0) is 36.5. The number of urea groups is 1. The third-order valence-electron chi connectivity index (χ3n) is 11.2. The van der Waals surface area contributed by atoms with Crippen molar-refractivity contribution in [1.29, 1.82) is 0 Å². The summed E-state index contributed by atoms with van der Waals surface area (Å²) in [4.78, 5) is 66.1. The lowest BCUT2D eigenvalue weighted by atomic mass is 10.0. The average Bonchev–Trinajstić information content (AvgIpc) is 3.84. The number of piperidine rings is 1. The maximum atomic E-state index is 13.1. The second kappa shape index (κ2) is 15.1. The minimum Gasteiger partial charge on any atom is -0.370 e. The molecular weight excluding hydrogens is 672 g/mol. The van der Waals surface area contributed by atoms with Gasteiger partial charge in [-0.2, -0.15) is 4.98 Å². The molecule has 4 aromatic rings. The number of carbonyl (C=O) groups is 3. The zero-order valence-corrected chi connectivity index (χ0v) is 30.6. The van der Waals surface area contributed by atoms with Crippen molar-refractivity contribution in [3.05, 3.63) is 60.3 Å². The van der Waals surface area contributed by atoms with Gasteiger partial charge in [0.1, 0.15) is 17.2 Å². The number of fused-ring (bicyclic) bond motifs is 1. The monoisotopic (exact) mass is 720 g/mol. The molecule has 4 aromatic heterocycles. The van der Waals surface area contributed by atoms with E-state index in [2.05, 4.69) is 45.9 Å². The summed E-state index contributed by atoms with van der Waals surface area (Å²) in [6, 6.07) is 10.4. The maximum Gasteiger partial charge on any atom is 0.328 e. The molecule has 4 amide bonds. The van der Waals surface area contributed by atoms with Gasteiger partial charge in [-0.15, -0.1) is 0 Å². The van der Waals surface area contributed by atoms with E-state index in [9.17, 15) is 14.4 Å². The number of carbonyl (C=O) groups excluding carboxylic acids is 3. The summed E-state index contributed by atoms with van der Waals surface area (Å²) in [5.41, 5.74) is 4.26. The third kappa shape index (κ3) is 7.53. The Morgan fingerprint density at radius 3 is 2.28 bits per heavy atom. The van der Waals surface area contributed by atoms with E-state index >= 15 is 0 Å². The van der Waals surface area contributed by atoms with Crippen molar-refractivity contribution in [3.8, 4) is 0 Å². The number of hydrogen-bond donors (Lipinski definition) is 2. The molecule has 0 unspecified atom stereocenters. The molecule has 7 heterocycles. The summed E-state index contributed by atoms with van der Waals surface area (Å²) in [6.07, 6.45) is 12.4. The molecule has 15 heteroatoms. The molecule has 1 aliphatic carbocycles. The normalized spacial score (nSPS) is 19.6. The van der Waals surface area contributed by atoms with Crippen LogP contribution in [0.1, 0.15) is 67.2 Å². The molecular formula is C38H48N12O3. The fourth-order valence-corrected chi connectivity index (χ4v) is 8.24. The van der Waals surface area contributed by atoms with Crippen molar-refractivity contribution in [1.82, 2.24) is 44.5 Å². The highest BCUT2D eigenvalue weighted by Gasteiger charge is 2.29. The van der Waals surface area contributed by atoms with Crippen molar-refractivity contribution < 1.29 is 14.4 Å². The summed E-state index contributed by atoms with van der Waals surface area (Å²) >= 11 is 0. The summed E-state index contributed by atoms with van der Waals surface area (Å²) in [5.74, 6) is 0.897. The first kappa shape index (κ1) is 34.9. The van der Waals surface area contributed by atoms with Crippen molar-refractivity contribution in [2.75, 3.05) is 75.0 Å². The molecule has 0 atom stereocenters. The molecule has 4 fully saturated rings. The van der Waals surface area contributed by atoms with Crippen LogP contribution in [0, 0.1) is 0 Å². The van der Waals surface area contributed by atoms with Gasteiger partial charge < -0.3 is 19.7 Å². The first-order chi connectivity index (χ1) is 25.8. The minimum absolute atomic E-state index is 0.0190. The number of piperazine rings is 1. The molecule has 0 bridgehead atoms. The van der Waals surface area contributed by atoms with E-state index in [1.54, 1.807) is 36.3 Å². The van der Waals surface area contributed by atoms with E-state index < -0.39 is 0 Å². The summed E-state index contributed by atoms with van der Waals surface area (Å²) in [5, 5.41) is 6.52. The van der Waals surface area contributed by atoms with Crippen LogP contribution in [-0.2, 0) is 11.3 Å². The van der Waals surface area contributed by atoms with Gasteiger partial charge in [-0.05, 0) is 56.0 Å². The number of rotatable bonds is 9. The number of pyridine rings is 2. The van der Waals surface area contributed by atoms with E-state index in [4.69, 9.17) is 9.97 Å². The quantitative estimate of drug-likeness (QED) is 0.259. The van der Waals surface area contributed by atoms with Crippen LogP contribution in [0.4, 0.5) is 27.9 Å². The Morgan fingerprint density at radius 2 is 1.60 bits per heavy atom. The van der Waals surface area contributed by atoms with E-state index in [1.807, 2.05) is 30.5 Å². The lowest BCUT2D eigenvalue weighted by Crippen LogP contribution is -2.53. The molecule has 3 aliphatic heterocycles. The first-order valence-electron chi connectivity index (χ1n) is 18.9. The van der Waals surface area contributed by atoms with E-state index in [-0.39, 0.29) is 23.9 Å². The summed E-state index contributed by atoms with van der Waals surface area (Å²) in [6.45, 7) is 7.21. The molecule has 3 saturated heterocycles. The lowest BCUT2D eigenvalue weighted by Gasteiger charge is -2.43. The largest absolute Gasteiger partial charge is 0.370 e. The second-order valence-electron chi connectivity index (χ2n) is 14.8. The number of nitrogens with one attached hydrogen (secondary N) is 2. The highest BCUT2D eigenvalue weighted by Crippen LogP contribution is 2.35. The van der Waals surface area contributed by atoms with Crippen LogP contribution in [0.25, 0.3) is 11.0 Å². The Bertz CT molecular complexity index is 1940. The Morgan fingerprint density at radius 1 is 0.849 bits per heavy atom. The van der Waals surface area contributed by atoms with Crippen LogP contribution in [0.5, 0.6) is 0 Å². The van der Waals surface area contributed by atoms with Crippen LogP contribution in [0.3, 0.4) is 0 Å². The van der Waals surface area contributed by atoms with Crippen LogP contribution in [-0.4, -0.2) is 123 Å². The van der Waals surface area contributed by atoms with Crippen molar-refractivity contribution in [3.63, 3.8) is 0 Å². The van der Waals surface area contributed by atoms with E-state index in [1.165, 1.54) is 0 Å². The predicted octanol–water partition coefficient (Wildman–Crippen LogP) is 4.01. The fraction of sp³-hybridized carbons (Fsp3) is 0.500. The van der Waals surface area contributed by atoms with Crippen LogP contribution >= 0.6 is 0 Å². The molecule has 278 valence electrons. The van der Waals surface area contributed by atoms with Gasteiger partial charge in [0.2, 0.25) is 11.9 Å². The number of hydrogen-bond acceptors (Lipinski definition) is 11. The maximum absolute atomic E-state index is 13.1. The number of imide groups is 1. The summed E-state index contributed by atoms with van der Waals surface area (Å²) < 4.78 is 2.13. The van der Waals surface area contributed by atoms with Gasteiger partial charge in [0, 0.05) is 96.5 Å². The van der Waals surface area contributed by atoms with Gasteiger partial charge in [0.25, 0.3) is 5.91 Å². The summed E-state index contributed by atoms with van der Waals surface area (Å²) in [7, 11) is 3.57. The second-order valence-corrected chi connectivity index (χ2v) is 14.8. The molecule has 4 aliphatic rings. The third-order valence-corrected chi connectivity index (χ3v) is 11.2. The molecule has 0 aromatic carbocycles. The van der Waals surface area contributed by atoms with Gasteiger partial charge in [0.15, 0.2) is 0 Å². The van der Waals surface area contributed by atoms with Crippen molar-refractivity contribution >= 4 is 52.0 Å². The number of aromatic nitrogens is 5. The van der Waals surface area contributed by atoms with E-state index in [0.717, 1.165) is 107 Å². The van der Waals surface area contributed by atoms with Crippen LogP contribution in [0.15, 0.2) is 48.9 Å². The Labute approximate surface area is 309 Å². The smallest absolute Gasteiger partial charge is 0.328 e. The SMILES string of the molecule is CN(C)C(=O)c1cc2cnc(Nc3ccc(N4CCC(N5CCN(Cc6ccc(N7CCC(=O)NC7=O)cn6)CC5)CC4)cn3)nc2n1C1CCCC1. The fourth-order valence-electron chi connectivity index (χ4n) is 8.24. The minimum atomic E-state index is -0.388. The van der Waals surface area contributed by atoms with Crippen molar-refractivity contribution in [2.45, 2.75) is 63.6 Å². The molecule has 2 N–H and O–H groups in total. The lowest BCUT2D eigenvalue weighted by molar-refractivity contribution is -0.120. The zero-order valence-electron chi connectivity index (χ0n) is 30.6. The van der Waals surface area contributed by atoms with Crippen LogP contribution in [0.2, 0.25) is 0 Å². The van der Waals surface area contributed by atoms with Gasteiger partial charge in [0.05, 0.1) is 29.5 Å². The van der Waals surface area contributed by atoms with Gasteiger partial charge in [-0.1, -0.05) is 12.8 Å².